The van der Waals surface area contributed by atoms with E-state index in [1.807, 2.05) is 0 Å². The van der Waals surface area contributed by atoms with Gasteiger partial charge in [-0.05, 0) is 38.8 Å². The highest BCUT2D eigenvalue weighted by Gasteiger charge is 2.49. The molecule has 0 radical (unpaired) electrons. The number of hydrogen-bond acceptors (Lipinski definition) is 3. The van der Waals surface area contributed by atoms with Gasteiger partial charge in [0.05, 0.1) is 5.92 Å². The second kappa shape index (κ2) is 4.00. The largest absolute Gasteiger partial charge is 0.481 e. The Hall–Kier alpha value is -0.610. The summed E-state index contributed by atoms with van der Waals surface area (Å²) in [6.07, 6.45) is 4.81. The van der Waals surface area contributed by atoms with E-state index in [0.29, 0.717) is 12.1 Å². The molecule has 2 saturated heterocycles. The predicted octanol–water partition coefficient (Wildman–Crippen LogP) is 0.630. The van der Waals surface area contributed by atoms with E-state index in [1.54, 1.807) is 0 Å². The molecule has 0 aromatic rings. The Morgan fingerprint density at radius 2 is 1.88 bits per heavy atom. The molecular weight excluding hydrogens is 204 g/mol. The maximum atomic E-state index is 10.8. The molecule has 90 valence electrons. The normalized spacial score (nSPS) is 40.4. The first kappa shape index (κ1) is 10.5. The maximum Gasteiger partial charge on any atom is 0.308 e. The van der Waals surface area contributed by atoms with Gasteiger partial charge in [-0.1, -0.05) is 0 Å². The lowest BCUT2D eigenvalue weighted by molar-refractivity contribution is -0.138. The van der Waals surface area contributed by atoms with Crippen LogP contribution in [0.3, 0.4) is 0 Å². The standard InChI is InChI=1S/C12H20N2O2/c15-12(16)10-7-11(10)14-6-3-9(8-14)13-4-1-2-5-13/h9-11H,1-8H2,(H,15,16). The Labute approximate surface area is 96.2 Å². The summed E-state index contributed by atoms with van der Waals surface area (Å²) in [7, 11) is 0. The minimum Gasteiger partial charge on any atom is -0.481 e. The van der Waals surface area contributed by atoms with E-state index >= 15 is 0 Å². The van der Waals surface area contributed by atoms with Crippen LogP contribution in [0.1, 0.15) is 25.7 Å². The van der Waals surface area contributed by atoms with Gasteiger partial charge >= 0.3 is 5.97 Å². The Morgan fingerprint density at radius 3 is 2.50 bits per heavy atom. The molecule has 0 bridgehead atoms. The second-order valence-electron chi connectivity index (χ2n) is 5.43. The van der Waals surface area contributed by atoms with Gasteiger partial charge in [0.25, 0.3) is 0 Å². The van der Waals surface area contributed by atoms with Crippen LogP contribution in [-0.2, 0) is 4.79 Å². The molecular formula is C12H20N2O2. The number of carbonyl (C=O) groups is 1. The van der Waals surface area contributed by atoms with E-state index < -0.39 is 5.97 Å². The number of aliphatic carboxylic acids is 1. The lowest BCUT2D eigenvalue weighted by atomic mass is 10.2. The fourth-order valence-corrected chi connectivity index (χ4v) is 3.32. The van der Waals surface area contributed by atoms with Crippen molar-refractivity contribution in [1.82, 2.24) is 9.80 Å². The van der Waals surface area contributed by atoms with Crippen molar-refractivity contribution in [2.24, 2.45) is 5.92 Å². The Morgan fingerprint density at radius 1 is 1.12 bits per heavy atom. The third kappa shape index (κ3) is 1.84. The predicted molar refractivity (Wildman–Crippen MR) is 60.3 cm³/mol. The molecule has 3 fully saturated rings. The third-order valence-corrected chi connectivity index (χ3v) is 4.39. The molecule has 1 N–H and O–H groups in total. The Kier molecular flexibility index (Phi) is 2.64. The molecule has 0 spiro atoms. The SMILES string of the molecule is O=C(O)C1CC1N1CCC(N2CCCC2)C1. The van der Waals surface area contributed by atoms with Crippen molar-refractivity contribution in [2.45, 2.75) is 37.8 Å². The summed E-state index contributed by atoms with van der Waals surface area (Å²) >= 11 is 0. The average molecular weight is 224 g/mol. The van der Waals surface area contributed by atoms with Gasteiger partial charge in [0.1, 0.15) is 0 Å². The van der Waals surface area contributed by atoms with Crippen LogP contribution in [0.25, 0.3) is 0 Å². The Bertz CT molecular complexity index is 289. The summed E-state index contributed by atoms with van der Waals surface area (Å²) < 4.78 is 0. The van der Waals surface area contributed by atoms with Crippen molar-refractivity contribution < 1.29 is 9.90 Å². The van der Waals surface area contributed by atoms with E-state index in [4.69, 9.17) is 5.11 Å². The number of carboxylic acids is 1. The van der Waals surface area contributed by atoms with Gasteiger partial charge in [0.15, 0.2) is 0 Å². The van der Waals surface area contributed by atoms with Crippen molar-refractivity contribution in [2.75, 3.05) is 26.2 Å². The zero-order chi connectivity index (χ0) is 11.1. The molecule has 3 unspecified atom stereocenters. The van der Waals surface area contributed by atoms with Crippen LogP contribution >= 0.6 is 0 Å². The molecule has 3 atom stereocenters. The van der Waals surface area contributed by atoms with Gasteiger partial charge in [-0.3, -0.25) is 14.6 Å². The number of nitrogens with zero attached hydrogens (tertiary/aromatic N) is 2. The highest BCUT2D eigenvalue weighted by atomic mass is 16.4. The van der Waals surface area contributed by atoms with E-state index in [2.05, 4.69) is 9.80 Å². The minimum absolute atomic E-state index is 0.0719. The van der Waals surface area contributed by atoms with Crippen LogP contribution in [-0.4, -0.2) is 59.1 Å². The topological polar surface area (TPSA) is 43.8 Å². The van der Waals surface area contributed by atoms with Crippen LogP contribution in [0.2, 0.25) is 0 Å². The fraction of sp³-hybridized carbons (Fsp3) is 0.917. The summed E-state index contributed by atoms with van der Waals surface area (Å²) in [5.74, 6) is -0.674. The molecule has 0 aromatic carbocycles. The fourth-order valence-electron chi connectivity index (χ4n) is 3.32. The highest BCUT2D eigenvalue weighted by Crippen LogP contribution is 2.38. The quantitative estimate of drug-likeness (QED) is 0.763. The molecule has 1 aliphatic carbocycles. The molecule has 1 saturated carbocycles. The first-order valence-electron chi connectivity index (χ1n) is 6.46. The van der Waals surface area contributed by atoms with Crippen LogP contribution in [0.5, 0.6) is 0 Å². The molecule has 16 heavy (non-hydrogen) atoms. The summed E-state index contributed by atoms with van der Waals surface area (Å²) in [5.41, 5.74) is 0. The van der Waals surface area contributed by atoms with E-state index in [1.165, 1.54) is 32.4 Å². The van der Waals surface area contributed by atoms with Gasteiger partial charge in [0, 0.05) is 25.2 Å². The first-order chi connectivity index (χ1) is 7.75. The van der Waals surface area contributed by atoms with Gasteiger partial charge < -0.3 is 5.11 Å². The zero-order valence-corrected chi connectivity index (χ0v) is 9.64. The lowest BCUT2D eigenvalue weighted by Gasteiger charge is -2.23. The molecule has 2 heterocycles. The van der Waals surface area contributed by atoms with Crippen molar-refractivity contribution in [3.05, 3.63) is 0 Å². The zero-order valence-electron chi connectivity index (χ0n) is 9.64. The second-order valence-corrected chi connectivity index (χ2v) is 5.43. The smallest absolute Gasteiger partial charge is 0.308 e. The molecule has 3 aliphatic rings. The number of rotatable bonds is 3. The third-order valence-electron chi connectivity index (χ3n) is 4.39. The lowest BCUT2D eigenvalue weighted by Crippen LogP contribution is -2.36. The van der Waals surface area contributed by atoms with E-state index in [0.717, 1.165) is 19.5 Å². The van der Waals surface area contributed by atoms with Crippen LogP contribution < -0.4 is 0 Å². The van der Waals surface area contributed by atoms with Crippen LogP contribution in [0, 0.1) is 5.92 Å². The molecule has 0 aromatic heterocycles. The van der Waals surface area contributed by atoms with Crippen LogP contribution in [0.4, 0.5) is 0 Å². The number of likely N-dealkylation sites (tertiary alicyclic amines) is 2. The van der Waals surface area contributed by atoms with Gasteiger partial charge in [-0.15, -0.1) is 0 Å². The van der Waals surface area contributed by atoms with E-state index in [9.17, 15) is 4.79 Å². The van der Waals surface area contributed by atoms with Gasteiger partial charge in [-0.25, -0.2) is 0 Å². The number of carboxylic acid groups (broad SMARTS) is 1. The van der Waals surface area contributed by atoms with Crippen molar-refractivity contribution in [3.63, 3.8) is 0 Å². The number of hydrogen-bond donors (Lipinski definition) is 1. The molecule has 3 rings (SSSR count). The highest BCUT2D eigenvalue weighted by molar-refractivity contribution is 5.74. The summed E-state index contributed by atoms with van der Waals surface area (Å²) in [4.78, 5) is 15.8. The van der Waals surface area contributed by atoms with Crippen LogP contribution in [0.15, 0.2) is 0 Å². The summed E-state index contributed by atoms with van der Waals surface area (Å²) in [5, 5.41) is 8.92. The van der Waals surface area contributed by atoms with Gasteiger partial charge in [0.2, 0.25) is 0 Å². The Balaban J connectivity index is 1.52. The van der Waals surface area contributed by atoms with E-state index in [-0.39, 0.29) is 5.92 Å². The minimum atomic E-state index is -0.602. The van der Waals surface area contributed by atoms with Crippen molar-refractivity contribution in [3.8, 4) is 0 Å². The monoisotopic (exact) mass is 224 g/mol. The van der Waals surface area contributed by atoms with Crippen molar-refractivity contribution >= 4 is 5.97 Å². The van der Waals surface area contributed by atoms with Gasteiger partial charge in [-0.2, -0.15) is 0 Å². The molecule has 4 heteroatoms. The molecule has 4 nitrogen and oxygen atoms in total. The summed E-state index contributed by atoms with van der Waals surface area (Å²) in [6.45, 7) is 4.72. The molecule has 0 amide bonds. The first-order valence-corrected chi connectivity index (χ1v) is 6.46. The average Bonchev–Trinajstić information content (AvgIpc) is 2.72. The maximum absolute atomic E-state index is 10.8. The summed E-state index contributed by atoms with van der Waals surface area (Å²) in [6, 6.07) is 1.06. The molecule has 2 aliphatic heterocycles. The van der Waals surface area contributed by atoms with Crippen molar-refractivity contribution in [1.29, 1.82) is 0 Å².